The fourth-order valence-electron chi connectivity index (χ4n) is 4.23. The van der Waals surface area contributed by atoms with Gasteiger partial charge in [0.1, 0.15) is 6.61 Å². The van der Waals surface area contributed by atoms with Gasteiger partial charge in [-0.05, 0) is 31.2 Å². The molecule has 1 atom stereocenters. The van der Waals surface area contributed by atoms with Crippen molar-refractivity contribution in [3.63, 3.8) is 0 Å². The molecule has 1 aromatic rings. The third kappa shape index (κ3) is 3.78. The minimum atomic E-state index is -0.114. The topological polar surface area (TPSA) is 49.9 Å². The first-order chi connectivity index (χ1) is 12.6. The summed E-state index contributed by atoms with van der Waals surface area (Å²) in [6.45, 7) is 4.34. The molecule has 0 aromatic heterocycles. The van der Waals surface area contributed by atoms with Crippen molar-refractivity contribution < 1.29 is 14.3 Å². The fourth-order valence-corrected chi connectivity index (χ4v) is 4.23. The standard InChI is InChI=1S/C21H30N2O3/c1-3-4-14-26-16-19(24)23-12-10-21(11-13-23)15-18(20(25)22(21)2)17-8-6-5-7-9-17/h5-9,18H,3-4,10-16H2,1-2H3/t18-/m1/s1. The third-order valence-corrected chi connectivity index (χ3v) is 6.04. The number of rotatable bonds is 6. The van der Waals surface area contributed by atoms with E-state index in [1.807, 2.05) is 47.2 Å². The number of nitrogens with zero attached hydrogens (tertiary/aromatic N) is 2. The molecule has 2 aliphatic heterocycles. The zero-order chi connectivity index (χ0) is 18.6. The van der Waals surface area contributed by atoms with Gasteiger partial charge in [-0.3, -0.25) is 9.59 Å². The molecule has 3 rings (SSSR count). The first-order valence-electron chi connectivity index (χ1n) is 9.75. The van der Waals surface area contributed by atoms with Crippen LogP contribution in [0.2, 0.25) is 0 Å². The zero-order valence-corrected chi connectivity index (χ0v) is 15.9. The number of carbonyl (C=O) groups is 2. The van der Waals surface area contributed by atoms with Gasteiger partial charge in [0.25, 0.3) is 0 Å². The van der Waals surface area contributed by atoms with Crippen LogP contribution in [0.3, 0.4) is 0 Å². The number of likely N-dealkylation sites (tertiary alicyclic amines) is 2. The fraction of sp³-hybridized carbons (Fsp3) is 0.619. The predicted molar refractivity (Wildman–Crippen MR) is 101 cm³/mol. The summed E-state index contributed by atoms with van der Waals surface area (Å²) in [5.41, 5.74) is 0.987. The number of piperidine rings is 1. The normalized spacial score (nSPS) is 22.2. The van der Waals surface area contributed by atoms with E-state index in [0.29, 0.717) is 19.7 Å². The maximum Gasteiger partial charge on any atom is 0.248 e. The molecule has 2 saturated heterocycles. The Kier molecular flexibility index (Phi) is 5.97. The summed E-state index contributed by atoms with van der Waals surface area (Å²) in [5.74, 6) is 0.224. The van der Waals surface area contributed by atoms with Crippen LogP contribution in [-0.2, 0) is 14.3 Å². The minimum Gasteiger partial charge on any atom is -0.372 e. The molecular formula is C21H30N2O3. The van der Waals surface area contributed by atoms with Gasteiger partial charge in [0.2, 0.25) is 11.8 Å². The molecule has 5 nitrogen and oxygen atoms in total. The van der Waals surface area contributed by atoms with Gasteiger partial charge < -0.3 is 14.5 Å². The van der Waals surface area contributed by atoms with Gasteiger partial charge in [-0.1, -0.05) is 43.7 Å². The summed E-state index contributed by atoms with van der Waals surface area (Å²) in [7, 11) is 1.93. The van der Waals surface area contributed by atoms with E-state index < -0.39 is 0 Å². The third-order valence-electron chi connectivity index (χ3n) is 6.04. The Labute approximate surface area is 156 Å². The highest BCUT2D eigenvalue weighted by atomic mass is 16.5. The maximum absolute atomic E-state index is 12.8. The lowest BCUT2D eigenvalue weighted by atomic mass is 9.81. The van der Waals surface area contributed by atoms with Crippen molar-refractivity contribution in [2.75, 3.05) is 33.4 Å². The van der Waals surface area contributed by atoms with Gasteiger partial charge in [-0.25, -0.2) is 0 Å². The molecule has 2 heterocycles. The minimum absolute atomic E-state index is 0.0548. The van der Waals surface area contributed by atoms with Crippen LogP contribution in [0, 0.1) is 0 Å². The molecule has 0 aliphatic carbocycles. The van der Waals surface area contributed by atoms with Crippen molar-refractivity contribution in [2.24, 2.45) is 0 Å². The van der Waals surface area contributed by atoms with E-state index in [2.05, 4.69) is 6.92 Å². The van der Waals surface area contributed by atoms with Crippen molar-refractivity contribution in [1.82, 2.24) is 9.80 Å². The van der Waals surface area contributed by atoms with E-state index in [9.17, 15) is 9.59 Å². The first-order valence-corrected chi connectivity index (χ1v) is 9.75. The van der Waals surface area contributed by atoms with E-state index in [1.165, 1.54) is 0 Å². The highest BCUT2D eigenvalue weighted by Gasteiger charge is 2.50. The molecule has 0 N–H and O–H groups in total. The highest BCUT2D eigenvalue weighted by molar-refractivity contribution is 5.87. The lowest BCUT2D eigenvalue weighted by molar-refractivity contribution is -0.139. The zero-order valence-electron chi connectivity index (χ0n) is 15.9. The number of unbranched alkanes of at least 4 members (excludes halogenated alkanes) is 1. The molecule has 2 aliphatic rings. The number of likely N-dealkylation sites (N-methyl/N-ethyl adjacent to an activating group) is 1. The molecule has 0 radical (unpaired) electrons. The summed E-state index contributed by atoms with van der Waals surface area (Å²) in [6.07, 6.45) is 4.60. The molecule has 5 heteroatoms. The molecule has 2 amide bonds. The van der Waals surface area contributed by atoms with E-state index in [0.717, 1.165) is 37.7 Å². The highest BCUT2D eigenvalue weighted by Crippen LogP contribution is 2.44. The number of ether oxygens (including phenoxy) is 1. The average Bonchev–Trinajstić information content (AvgIpc) is 2.92. The smallest absolute Gasteiger partial charge is 0.248 e. The van der Waals surface area contributed by atoms with Gasteiger partial charge in [-0.15, -0.1) is 0 Å². The van der Waals surface area contributed by atoms with Crippen LogP contribution in [0.1, 0.15) is 50.5 Å². The van der Waals surface area contributed by atoms with Crippen molar-refractivity contribution >= 4 is 11.8 Å². The number of benzene rings is 1. The van der Waals surface area contributed by atoms with Crippen LogP contribution in [0.5, 0.6) is 0 Å². The van der Waals surface area contributed by atoms with Crippen molar-refractivity contribution in [2.45, 2.75) is 50.5 Å². The van der Waals surface area contributed by atoms with E-state index in [1.54, 1.807) is 0 Å². The Morgan fingerprint density at radius 2 is 1.92 bits per heavy atom. The lowest BCUT2D eigenvalue weighted by Crippen LogP contribution is -2.53. The SMILES string of the molecule is CCCCOCC(=O)N1CCC2(CC1)C[C@H](c1ccccc1)C(=O)N2C. The van der Waals surface area contributed by atoms with E-state index in [-0.39, 0.29) is 29.9 Å². The molecule has 1 spiro atoms. The first kappa shape index (κ1) is 18.9. The van der Waals surface area contributed by atoms with Crippen molar-refractivity contribution in [3.8, 4) is 0 Å². The molecule has 0 unspecified atom stereocenters. The Balaban J connectivity index is 1.58. The predicted octanol–water partition coefficient (Wildman–Crippen LogP) is 2.81. The number of hydrogen-bond acceptors (Lipinski definition) is 3. The van der Waals surface area contributed by atoms with Gasteiger partial charge >= 0.3 is 0 Å². The summed E-state index contributed by atoms with van der Waals surface area (Å²) >= 11 is 0. The second-order valence-electron chi connectivity index (χ2n) is 7.58. The Bertz CT molecular complexity index is 623. The maximum atomic E-state index is 12.8. The van der Waals surface area contributed by atoms with Crippen LogP contribution in [0.25, 0.3) is 0 Å². The molecular weight excluding hydrogens is 328 g/mol. The van der Waals surface area contributed by atoms with E-state index >= 15 is 0 Å². The second-order valence-corrected chi connectivity index (χ2v) is 7.58. The summed E-state index contributed by atoms with van der Waals surface area (Å²) < 4.78 is 5.46. The van der Waals surface area contributed by atoms with Gasteiger partial charge in [0.15, 0.2) is 0 Å². The van der Waals surface area contributed by atoms with Gasteiger partial charge in [0, 0.05) is 32.3 Å². The van der Waals surface area contributed by atoms with Gasteiger partial charge in [0.05, 0.1) is 5.92 Å². The number of hydrogen-bond donors (Lipinski definition) is 0. The Morgan fingerprint density at radius 3 is 2.58 bits per heavy atom. The molecule has 26 heavy (non-hydrogen) atoms. The molecule has 0 bridgehead atoms. The molecule has 0 saturated carbocycles. The van der Waals surface area contributed by atoms with Crippen LogP contribution < -0.4 is 0 Å². The van der Waals surface area contributed by atoms with Gasteiger partial charge in [-0.2, -0.15) is 0 Å². The molecule has 142 valence electrons. The Morgan fingerprint density at radius 1 is 1.23 bits per heavy atom. The Hall–Kier alpha value is -1.88. The van der Waals surface area contributed by atoms with Crippen molar-refractivity contribution in [3.05, 3.63) is 35.9 Å². The van der Waals surface area contributed by atoms with Crippen LogP contribution in [0.15, 0.2) is 30.3 Å². The van der Waals surface area contributed by atoms with E-state index in [4.69, 9.17) is 4.74 Å². The molecule has 2 fully saturated rings. The number of carbonyl (C=O) groups excluding carboxylic acids is 2. The molecule has 1 aromatic carbocycles. The summed E-state index contributed by atoms with van der Waals surface area (Å²) in [6, 6.07) is 10.1. The number of amides is 2. The monoisotopic (exact) mass is 358 g/mol. The summed E-state index contributed by atoms with van der Waals surface area (Å²) in [4.78, 5) is 29.0. The van der Waals surface area contributed by atoms with Crippen LogP contribution in [-0.4, -0.2) is 60.5 Å². The van der Waals surface area contributed by atoms with Crippen LogP contribution in [0.4, 0.5) is 0 Å². The lowest BCUT2D eigenvalue weighted by Gasteiger charge is -2.43. The second kappa shape index (κ2) is 8.21. The van der Waals surface area contributed by atoms with Crippen LogP contribution >= 0.6 is 0 Å². The quantitative estimate of drug-likeness (QED) is 0.735. The summed E-state index contributed by atoms with van der Waals surface area (Å²) in [5, 5.41) is 0. The van der Waals surface area contributed by atoms with Crippen molar-refractivity contribution in [1.29, 1.82) is 0 Å². The largest absolute Gasteiger partial charge is 0.372 e. The average molecular weight is 358 g/mol.